The number of carbonyl (C=O) groups is 1. The topological polar surface area (TPSA) is 80.5 Å². The molecule has 22 heavy (non-hydrogen) atoms. The van der Waals surface area contributed by atoms with Crippen molar-refractivity contribution in [3.8, 4) is 0 Å². The Balaban J connectivity index is 1.67. The SMILES string of the molecule is Cc1nc(N2CCOCC2)ncc1C(=O)NCc1ccco1. The smallest absolute Gasteiger partial charge is 0.255 e. The van der Waals surface area contributed by atoms with Crippen LogP contribution in [0.4, 0.5) is 5.95 Å². The van der Waals surface area contributed by atoms with E-state index >= 15 is 0 Å². The molecular formula is C15H18N4O3. The van der Waals surface area contributed by atoms with Crippen LogP contribution in [0.1, 0.15) is 21.8 Å². The number of nitrogens with one attached hydrogen (secondary N) is 1. The van der Waals surface area contributed by atoms with E-state index in [0.717, 1.165) is 13.1 Å². The zero-order chi connectivity index (χ0) is 15.4. The summed E-state index contributed by atoms with van der Waals surface area (Å²) in [7, 11) is 0. The molecule has 3 heterocycles. The minimum Gasteiger partial charge on any atom is -0.467 e. The van der Waals surface area contributed by atoms with Gasteiger partial charge in [-0.15, -0.1) is 0 Å². The summed E-state index contributed by atoms with van der Waals surface area (Å²) in [4.78, 5) is 23.0. The molecule has 1 amide bonds. The Labute approximate surface area is 128 Å². The zero-order valence-electron chi connectivity index (χ0n) is 12.4. The first-order valence-electron chi connectivity index (χ1n) is 7.21. The highest BCUT2D eigenvalue weighted by Gasteiger charge is 2.17. The summed E-state index contributed by atoms with van der Waals surface area (Å²) >= 11 is 0. The molecule has 0 saturated carbocycles. The molecule has 0 bridgehead atoms. The molecule has 1 N–H and O–H groups in total. The summed E-state index contributed by atoms with van der Waals surface area (Å²) in [5.41, 5.74) is 1.14. The largest absolute Gasteiger partial charge is 0.467 e. The van der Waals surface area contributed by atoms with Gasteiger partial charge in [-0.05, 0) is 19.1 Å². The van der Waals surface area contributed by atoms with E-state index in [9.17, 15) is 4.79 Å². The second-order valence-electron chi connectivity index (χ2n) is 5.03. The highest BCUT2D eigenvalue weighted by atomic mass is 16.5. The number of nitrogens with zero attached hydrogens (tertiary/aromatic N) is 3. The lowest BCUT2D eigenvalue weighted by molar-refractivity contribution is 0.0946. The lowest BCUT2D eigenvalue weighted by Crippen LogP contribution is -2.37. The molecule has 7 heteroatoms. The molecule has 0 radical (unpaired) electrons. The summed E-state index contributed by atoms with van der Waals surface area (Å²) < 4.78 is 10.5. The van der Waals surface area contributed by atoms with E-state index < -0.39 is 0 Å². The van der Waals surface area contributed by atoms with Gasteiger partial charge in [-0.1, -0.05) is 0 Å². The number of aromatic nitrogens is 2. The minimum atomic E-state index is -0.206. The molecule has 0 aliphatic carbocycles. The van der Waals surface area contributed by atoms with Gasteiger partial charge in [0.25, 0.3) is 5.91 Å². The first-order chi connectivity index (χ1) is 10.7. The molecule has 0 aromatic carbocycles. The summed E-state index contributed by atoms with van der Waals surface area (Å²) in [6, 6.07) is 3.60. The fourth-order valence-electron chi connectivity index (χ4n) is 2.27. The molecule has 7 nitrogen and oxygen atoms in total. The predicted octanol–water partition coefficient (Wildman–Crippen LogP) is 1.14. The van der Waals surface area contributed by atoms with Crippen LogP contribution >= 0.6 is 0 Å². The average molecular weight is 302 g/mol. The Morgan fingerprint density at radius 2 is 2.23 bits per heavy atom. The van der Waals surface area contributed by atoms with Crippen LogP contribution in [0.5, 0.6) is 0 Å². The summed E-state index contributed by atoms with van der Waals surface area (Å²) in [5.74, 6) is 1.14. The van der Waals surface area contributed by atoms with Crippen molar-refractivity contribution in [3.63, 3.8) is 0 Å². The van der Waals surface area contributed by atoms with Gasteiger partial charge < -0.3 is 19.4 Å². The molecule has 0 unspecified atom stereocenters. The van der Waals surface area contributed by atoms with Crippen molar-refractivity contribution in [3.05, 3.63) is 41.6 Å². The highest BCUT2D eigenvalue weighted by Crippen LogP contribution is 2.13. The fraction of sp³-hybridized carbons (Fsp3) is 0.400. The van der Waals surface area contributed by atoms with Crippen LogP contribution in [-0.2, 0) is 11.3 Å². The molecule has 3 rings (SSSR count). The van der Waals surface area contributed by atoms with Crippen LogP contribution < -0.4 is 10.2 Å². The zero-order valence-corrected chi connectivity index (χ0v) is 12.4. The van der Waals surface area contributed by atoms with Crippen LogP contribution in [0.2, 0.25) is 0 Å². The van der Waals surface area contributed by atoms with Gasteiger partial charge in [0.2, 0.25) is 5.95 Å². The third-order valence-electron chi connectivity index (χ3n) is 3.51. The van der Waals surface area contributed by atoms with Crippen LogP contribution in [0.3, 0.4) is 0 Å². The summed E-state index contributed by atoms with van der Waals surface area (Å²) in [5, 5.41) is 2.79. The van der Waals surface area contributed by atoms with Gasteiger partial charge in [0.05, 0.1) is 37.3 Å². The van der Waals surface area contributed by atoms with Crippen molar-refractivity contribution in [2.45, 2.75) is 13.5 Å². The molecule has 2 aromatic heterocycles. The second-order valence-corrected chi connectivity index (χ2v) is 5.03. The van der Waals surface area contributed by atoms with Crippen molar-refractivity contribution >= 4 is 11.9 Å². The van der Waals surface area contributed by atoms with Crippen molar-refractivity contribution in [1.29, 1.82) is 0 Å². The van der Waals surface area contributed by atoms with E-state index in [4.69, 9.17) is 9.15 Å². The Morgan fingerprint density at radius 1 is 1.41 bits per heavy atom. The third-order valence-corrected chi connectivity index (χ3v) is 3.51. The molecule has 116 valence electrons. The van der Waals surface area contributed by atoms with E-state index in [1.165, 1.54) is 0 Å². The van der Waals surface area contributed by atoms with Crippen molar-refractivity contribution in [2.75, 3.05) is 31.2 Å². The van der Waals surface area contributed by atoms with Gasteiger partial charge in [-0.25, -0.2) is 9.97 Å². The van der Waals surface area contributed by atoms with E-state index in [1.807, 2.05) is 13.0 Å². The van der Waals surface area contributed by atoms with E-state index in [0.29, 0.717) is 42.7 Å². The first kappa shape index (κ1) is 14.5. The van der Waals surface area contributed by atoms with E-state index in [1.54, 1.807) is 18.5 Å². The lowest BCUT2D eigenvalue weighted by Gasteiger charge is -2.27. The van der Waals surface area contributed by atoms with Crippen LogP contribution in [0.15, 0.2) is 29.0 Å². The van der Waals surface area contributed by atoms with Gasteiger partial charge in [0, 0.05) is 19.3 Å². The third kappa shape index (κ3) is 3.25. The molecule has 1 aliphatic heterocycles. The maximum Gasteiger partial charge on any atom is 0.255 e. The molecule has 1 saturated heterocycles. The van der Waals surface area contributed by atoms with E-state index in [2.05, 4.69) is 20.2 Å². The molecule has 1 aliphatic rings. The lowest BCUT2D eigenvalue weighted by atomic mass is 10.2. The van der Waals surface area contributed by atoms with Crippen LogP contribution in [0, 0.1) is 6.92 Å². The van der Waals surface area contributed by atoms with Crippen molar-refractivity contribution < 1.29 is 13.9 Å². The molecule has 2 aromatic rings. The Hall–Kier alpha value is -2.41. The van der Waals surface area contributed by atoms with Gasteiger partial charge >= 0.3 is 0 Å². The van der Waals surface area contributed by atoms with Gasteiger partial charge in [-0.2, -0.15) is 0 Å². The number of ether oxygens (including phenoxy) is 1. The van der Waals surface area contributed by atoms with Crippen LogP contribution in [-0.4, -0.2) is 42.2 Å². The number of morpholine rings is 1. The highest BCUT2D eigenvalue weighted by molar-refractivity contribution is 5.94. The molecule has 0 atom stereocenters. The van der Waals surface area contributed by atoms with Gasteiger partial charge in [0.15, 0.2) is 0 Å². The summed E-state index contributed by atoms with van der Waals surface area (Å²) in [6.45, 7) is 5.04. The van der Waals surface area contributed by atoms with Gasteiger partial charge in [0.1, 0.15) is 5.76 Å². The Bertz CT molecular complexity index is 636. The normalized spacial score (nSPS) is 14.9. The minimum absolute atomic E-state index is 0.206. The molecule has 0 spiro atoms. The number of aryl methyl sites for hydroxylation is 1. The maximum atomic E-state index is 12.2. The second kappa shape index (κ2) is 6.57. The molecule has 1 fully saturated rings. The number of rotatable bonds is 4. The number of hydrogen-bond donors (Lipinski definition) is 1. The summed E-state index contributed by atoms with van der Waals surface area (Å²) in [6.07, 6.45) is 3.15. The predicted molar refractivity (Wildman–Crippen MR) is 79.7 cm³/mol. The standard InChI is InChI=1S/C15H18N4O3/c1-11-13(14(20)16-9-12-3-2-6-22-12)10-17-15(18-11)19-4-7-21-8-5-19/h2-3,6,10H,4-5,7-9H2,1H3,(H,16,20). The number of anilines is 1. The monoisotopic (exact) mass is 302 g/mol. The van der Waals surface area contributed by atoms with Crippen molar-refractivity contribution in [1.82, 2.24) is 15.3 Å². The average Bonchev–Trinajstić information content (AvgIpc) is 3.07. The number of carbonyl (C=O) groups excluding carboxylic acids is 1. The number of hydrogen-bond acceptors (Lipinski definition) is 6. The number of amides is 1. The number of furan rings is 1. The Morgan fingerprint density at radius 3 is 2.91 bits per heavy atom. The maximum absolute atomic E-state index is 12.2. The van der Waals surface area contributed by atoms with Crippen LogP contribution in [0.25, 0.3) is 0 Å². The Kier molecular flexibility index (Phi) is 4.34. The first-order valence-corrected chi connectivity index (χ1v) is 7.21. The quantitative estimate of drug-likeness (QED) is 0.912. The van der Waals surface area contributed by atoms with Crippen molar-refractivity contribution in [2.24, 2.45) is 0 Å². The van der Waals surface area contributed by atoms with E-state index in [-0.39, 0.29) is 5.91 Å². The van der Waals surface area contributed by atoms with Gasteiger partial charge in [-0.3, -0.25) is 4.79 Å². The fourth-order valence-corrected chi connectivity index (χ4v) is 2.27. The molecular weight excluding hydrogens is 284 g/mol.